The van der Waals surface area contributed by atoms with Crippen molar-refractivity contribution < 1.29 is 14.8 Å². The van der Waals surface area contributed by atoms with Gasteiger partial charge in [-0.1, -0.05) is 59.6 Å². The van der Waals surface area contributed by atoms with Crippen molar-refractivity contribution in [1.82, 2.24) is 9.38 Å². The first-order valence-corrected chi connectivity index (χ1v) is 9.58. The van der Waals surface area contributed by atoms with Crippen molar-refractivity contribution >= 4 is 47.7 Å². The first kappa shape index (κ1) is 20.3. The van der Waals surface area contributed by atoms with Gasteiger partial charge in [0.25, 0.3) is 5.56 Å². The first-order chi connectivity index (χ1) is 14.4. The summed E-state index contributed by atoms with van der Waals surface area (Å²) in [6.45, 7) is 0. The van der Waals surface area contributed by atoms with E-state index in [2.05, 4.69) is 4.98 Å². The zero-order valence-corrected chi connectivity index (χ0v) is 16.8. The number of carbonyl (C=O) groups is 1. The van der Waals surface area contributed by atoms with Crippen LogP contribution in [0, 0.1) is 0 Å². The summed E-state index contributed by atoms with van der Waals surface area (Å²) in [6.07, 6.45) is 3.24. The van der Waals surface area contributed by atoms with Crippen LogP contribution in [0.25, 0.3) is 27.9 Å². The second kappa shape index (κ2) is 8.05. The Bertz CT molecular complexity index is 1350. The summed E-state index contributed by atoms with van der Waals surface area (Å²) in [5.74, 6) is 0. The van der Waals surface area contributed by atoms with Crippen LogP contribution in [0.2, 0.25) is 10.0 Å². The van der Waals surface area contributed by atoms with Crippen molar-refractivity contribution in [2.75, 3.05) is 0 Å². The predicted octanol–water partition coefficient (Wildman–Crippen LogP) is 2.83. The highest BCUT2D eigenvalue weighted by Gasteiger charge is 2.20. The number of rotatable bonds is 4. The van der Waals surface area contributed by atoms with Crippen molar-refractivity contribution in [3.8, 4) is 22.3 Å². The molecule has 0 unspecified atom stereocenters. The van der Waals surface area contributed by atoms with Crippen LogP contribution >= 0.6 is 23.2 Å². The van der Waals surface area contributed by atoms with Gasteiger partial charge in [0.2, 0.25) is 0 Å². The zero-order chi connectivity index (χ0) is 21.4. The van der Waals surface area contributed by atoms with E-state index < -0.39 is 12.7 Å². The number of nitrogens with zero attached hydrogens (tertiary/aromatic N) is 2. The van der Waals surface area contributed by atoms with Crippen LogP contribution in [0.15, 0.2) is 65.7 Å². The van der Waals surface area contributed by atoms with Gasteiger partial charge in [-0.15, -0.1) is 0 Å². The number of hydrogen-bond donors (Lipinski definition) is 2. The Morgan fingerprint density at radius 1 is 0.967 bits per heavy atom. The molecule has 2 aromatic carbocycles. The van der Waals surface area contributed by atoms with E-state index in [1.807, 2.05) is 6.07 Å². The molecule has 2 aromatic heterocycles. The molecule has 0 fully saturated rings. The highest BCUT2D eigenvalue weighted by molar-refractivity contribution is 6.63. The Morgan fingerprint density at radius 3 is 2.33 bits per heavy atom. The van der Waals surface area contributed by atoms with Crippen LogP contribution in [0.1, 0.15) is 10.4 Å². The third-order valence-corrected chi connectivity index (χ3v) is 5.60. The van der Waals surface area contributed by atoms with Crippen molar-refractivity contribution in [2.24, 2.45) is 0 Å². The molecule has 0 saturated carbocycles. The van der Waals surface area contributed by atoms with Crippen molar-refractivity contribution in [1.29, 1.82) is 0 Å². The summed E-state index contributed by atoms with van der Waals surface area (Å²) in [7, 11) is -1.71. The fourth-order valence-electron chi connectivity index (χ4n) is 3.26. The maximum absolute atomic E-state index is 12.2. The van der Waals surface area contributed by atoms with Crippen LogP contribution in [-0.2, 0) is 0 Å². The Labute approximate surface area is 181 Å². The van der Waals surface area contributed by atoms with Gasteiger partial charge in [0.1, 0.15) is 5.65 Å². The SMILES string of the molecule is O=Cc1cnc2cc(-c3cccc(-c4cccc(B(O)O)c4Cl)c3Cl)ccn2c1=O. The van der Waals surface area contributed by atoms with Gasteiger partial charge in [0.15, 0.2) is 6.29 Å². The minimum atomic E-state index is -1.71. The van der Waals surface area contributed by atoms with Crippen molar-refractivity contribution in [2.45, 2.75) is 0 Å². The molecule has 0 amide bonds. The summed E-state index contributed by atoms with van der Waals surface area (Å²) < 4.78 is 1.29. The van der Waals surface area contributed by atoms with Gasteiger partial charge in [-0.2, -0.15) is 0 Å². The van der Waals surface area contributed by atoms with Crippen LogP contribution < -0.4 is 11.0 Å². The summed E-state index contributed by atoms with van der Waals surface area (Å²) in [4.78, 5) is 27.4. The summed E-state index contributed by atoms with van der Waals surface area (Å²) in [5.41, 5.74) is 2.62. The summed E-state index contributed by atoms with van der Waals surface area (Å²) in [6, 6.07) is 13.7. The third kappa shape index (κ3) is 3.42. The smallest absolute Gasteiger partial charge is 0.423 e. The molecule has 4 rings (SSSR count). The number of hydrogen-bond acceptors (Lipinski definition) is 5. The third-order valence-electron chi connectivity index (χ3n) is 4.77. The molecule has 9 heteroatoms. The molecule has 4 aromatic rings. The van der Waals surface area contributed by atoms with Gasteiger partial charge < -0.3 is 10.0 Å². The molecule has 148 valence electrons. The van der Waals surface area contributed by atoms with Crippen LogP contribution in [0.3, 0.4) is 0 Å². The quantitative estimate of drug-likeness (QED) is 0.377. The lowest BCUT2D eigenvalue weighted by atomic mass is 9.79. The highest BCUT2D eigenvalue weighted by Crippen LogP contribution is 2.38. The molecule has 0 saturated heterocycles. The number of pyridine rings is 1. The van der Waals surface area contributed by atoms with E-state index in [9.17, 15) is 19.6 Å². The van der Waals surface area contributed by atoms with E-state index in [4.69, 9.17) is 23.2 Å². The van der Waals surface area contributed by atoms with Gasteiger partial charge in [-0.05, 0) is 17.7 Å². The molecule has 0 aliphatic carbocycles. The number of aldehydes is 1. The van der Waals surface area contributed by atoms with Gasteiger partial charge >= 0.3 is 7.12 Å². The van der Waals surface area contributed by atoms with E-state index in [1.165, 1.54) is 22.9 Å². The summed E-state index contributed by atoms with van der Waals surface area (Å²) >= 11 is 13.1. The lowest BCUT2D eigenvalue weighted by molar-refractivity contribution is 0.112. The normalized spacial score (nSPS) is 10.9. The Morgan fingerprint density at radius 2 is 1.63 bits per heavy atom. The Kier molecular flexibility index (Phi) is 5.45. The van der Waals surface area contributed by atoms with Crippen LogP contribution in [0.4, 0.5) is 0 Å². The van der Waals surface area contributed by atoms with E-state index in [1.54, 1.807) is 36.4 Å². The highest BCUT2D eigenvalue weighted by atomic mass is 35.5. The minimum absolute atomic E-state index is 0.0270. The van der Waals surface area contributed by atoms with E-state index in [-0.39, 0.29) is 16.0 Å². The summed E-state index contributed by atoms with van der Waals surface area (Å²) in [5, 5.41) is 19.6. The molecule has 0 aliphatic rings. The van der Waals surface area contributed by atoms with Crippen LogP contribution in [-0.4, -0.2) is 32.8 Å². The monoisotopic (exact) mass is 438 g/mol. The molecule has 30 heavy (non-hydrogen) atoms. The maximum atomic E-state index is 12.2. The van der Waals surface area contributed by atoms with Gasteiger partial charge in [-0.25, -0.2) is 4.98 Å². The predicted molar refractivity (Wildman–Crippen MR) is 118 cm³/mol. The fourth-order valence-corrected chi connectivity index (χ4v) is 3.92. The fraction of sp³-hybridized carbons (Fsp3) is 0. The Hall–Kier alpha value is -2.97. The second-order valence-electron chi connectivity index (χ2n) is 6.53. The molecule has 2 heterocycles. The number of benzene rings is 2. The molecule has 0 aliphatic heterocycles. The molecule has 0 atom stereocenters. The first-order valence-electron chi connectivity index (χ1n) is 8.82. The number of halogens is 2. The average Bonchev–Trinajstić information content (AvgIpc) is 2.74. The molecule has 0 bridgehead atoms. The van der Waals surface area contributed by atoms with Crippen LogP contribution in [0.5, 0.6) is 0 Å². The number of aromatic nitrogens is 2. The Balaban J connectivity index is 1.88. The largest absolute Gasteiger partial charge is 0.489 e. The average molecular weight is 439 g/mol. The lowest BCUT2D eigenvalue weighted by Crippen LogP contribution is -2.30. The molecule has 0 spiro atoms. The van der Waals surface area contributed by atoms with Crippen molar-refractivity contribution in [3.63, 3.8) is 0 Å². The topological polar surface area (TPSA) is 91.9 Å². The minimum Gasteiger partial charge on any atom is -0.423 e. The number of fused-ring (bicyclic) bond motifs is 1. The van der Waals surface area contributed by atoms with Gasteiger partial charge in [0.05, 0.1) is 10.6 Å². The van der Waals surface area contributed by atoms with E-state index >= 15 is 0 Å². The molecular formula is C21H13BCl2N2O4. The zero-order valence-electron chi connectivity index (χ0n) is 15.3. The van der Waals surface area contributed by atoms with Gasteiger partial charge in [-0.3, -0.25) is 14.0 Å². The van der Waals surface area contributed by atoms with Crippen molar-refractivity contribution in [3.05, 3.63) is 86.9 Å². The standard InChI is InChI=1S/C21H13BCl2N2O4/c23-19-14(12-7-8-26-18(9-12)25-10-13(11-27)21(26)28)3-1-4-15(19)16-5-2-6-17(20(16)24)22(29)30/h1-11,29-30H. The van der Waals surface area contributed by atoms with E-state index in [0.717, 1.165) is 0 Å². The maximum Gasteiger partial charge on any atom is 0.489 e. The lowest BCUT2D eigenvalue weighted by Gasteiger charge is -2.14. The van der Waals surface area contributed by atoms with E-state index in [0.29, 0.717) is 39.2 Å². The molecule has 0 radical (unpaired) electrons. The second-order valence-corrected chi connectivity index (χ2v) is 7.29. The molecule has 2 N–H and O–H groups in total. The molecular weight excluding hydrogens is 426 g/mol. The van der Waals surface area contributed by atoms with Gasteiger partial charge in [0, 0.05) is 39.6 Å². The molecule has 6 nitrogen and oxygen atoms in total. The number of carbonyl (C=O) groups excluding carboxylic acids is 1.